The molecule has 0 aromatic heterocycles. The lowest BCUT2D eigenvalue weighted by Crippen LogP contribution is -2.43. The van der Waals surface area contributed by atoms with E-state index >= 15 is 0 Å². The molecule has 1 amide bonds. The van der Waals surface area contributed by atoms with Gasteiger partial charge in [-0.3, -0.25) is 4.79 Å². The number of amides is 1. The second kappa shape index (κ2) is 4.71. The number of carbonyl (C=O) groups excluding carboxylic acids is 1. The number of likely N-dealkylation sites (N-methyl/N-ethyl adjacent to an activating group) is 1. The van der Waals surface area contributed by atoms with Gasteiger partial charge in [0, 0.05) is 25.2 Å². The second-order valence-electron chi connectivity index (χ2n) is 4.50. The first-order valence-corrected chi connectivity index (χ1v) is 6.39. The number of halogens is 1. The first kappa shape index (κ1) is 11.2. The Morgan fingerprint density at radius 2 is 2.07 bits per heavy atom. The Morgan fingerprint density at radius 3 is 2.73 bits per heavy atom. The molecule has 0 aromatic carbocycles. The third-order valence-electron chi connectivity index (χ3n) is 3.72. The monoisotopic (exact) mass is 230 g/mol. The van der Waals surface area contributed by atoms with E-state index in [-0.39, 0.29) is 11.8 Å². The maximum atomic E-state index is 11.8. The Morgan fingerprint density at radius 1 is 1.33 bits per heavy atom. The fourth-order valence-corrected chi connectivity index (χ4v) is 3.05. The van der Waals surface area contributed by atoms with Crippen molar-refractivity contribution in [2.24, 2.45) is 0 Å². The molecule has 3 nitrogen and oxygen atoms in total. The molecule has 4 heteroatoms. The van der Waals surface area contributed by atoms with Crippen LogP contribution in [0.5, 0.6) is 0 Å². The van der Waals surface area contributed by atoms with Crippen molar-refractivity contribution in [1.29, 1.82) is 0 Å². The minimum atomic E-state index is 0.127. The molecule has 0 radical (unpaired) electrons. The molecule has 0 aromatic rings. The van der Waals surface area contributed by atoms with Gasteiger partial charge in [0.2, 0.25) is 5.91 Å². The molecule has 2 rings (SSSR count). The molecule has 2 heterocycles. The van der Waals surface area contributed by atoms with Crippen molar-refractivity contribution in [3.05, 3.63) is 0 Å². The van der Waals surface area contributed by atoms with Crippen LogP contribution >= 0.6 is 11.6 Å². The fourth-order valence-electron chi connectivity index (χ4n) is 2.91. The molecule has 2 unspecified atom stereocenters. The normalized spacial score (nSPS) is 31.7. The predicted molar refractivity (Wildman–Crippen MR) is 61.1 cm³/mol. The summed E-state index contributed by atoms with van der Waals surface area (Å²) in [5.74, 6) is 0.265. The minimum Gasteiger partial charge on any atom is -0.334 e. The average Bonchev–Trinajstić information content (AvgIpc) is 2.53. The SMILES string of the molecule is CCN1CCC2CCC(C1)N2C(=O)CCl. The Hall–Kier alpha value is -0.280. The Bertz CT molecular complexity index is 247. The van der Waals surface area contributed by atoms with Crippen LogP contribution in [0.25, 0.3) is 0 Å². The van der Waals surface area contributed by atoms with Crippen molar-refractivity contribution < 1.29 is 4.79 Å². The Labute approximate surface area is 96.4 Å². The zero-order chi connectivity index (χ0) is 10.8. The highest BCUT2D eigenvalue weighted by atomic mass is 35.5. The molecule has 2 bridgehead atoms. The molecular weight excluding hydrogens is 212 g/mol. The van der Waals surface area contributed by atoms with Crippen molar-refractivity contribution in [1.82, 2.24) is 9.80 Å². The molecule has 2 saturated heterocycles. The van der Waals surface area contributed by atoms with E-state index in [0.29, 0.717) is 12.1 Å². The van der Waals surface area contributed by atoms with E-state index in [1.165, 1.54) is 6.42 Å². The number of hydrogen-bond donors (Lipinski definition) is 0. The molecule has 2 aliphatic heterocycles. The standard InChI is InChI=1S/C11H19ClN2O/c1-2-13-6-5-9-3-4-10(8-13)14(9)11(15)7-12/h9-10H,2-8H2,1H3. The zero-order valence-electron chi connectivity index (χ0n) is 9.29. The topological polar surface area (TPSA) is 23.6 Å². The number of carbonyl (C=O) groups is 1. The van der Waals surface area contributed by atoms with Crippen LogP contribution in [0, 0.1) is 0 Å². The molecule has 0 spiro atoms. The van der Waals surface area contributed by atoms with Crippen molar-refractivity contribution >= 4 is 17.5 Å². The molecule has 86 valence electrons. The quantitative estimate of drug-likeness (QED) is 0.668. The summed E-state index contributed by atoms with van der Waals surface area (Å²) in [7, 11) is 0. The largest absolute Gasteiger partial charge is 0.334 e. The van der Waals surface area contributed by atoms with Gasteiger partial charge < -0.3 is 9.80 Å². The van der Waals surface area contributed by atoms with Gasteiger partial charge in [-0.15, -0.1) is 11.6 Å². The summed E-state index contributed by atoms with van der Waals surface area (Å²) >= 11 is 5.66. The lowest BCUT2D eigenvalue weighted by atomic mass is 10.1. The summed E-state index contributed by atoms with van der Waals surface area (Å²) in [6.45, 7) is 5.44. The number of rotatable bonds is 2. The number of alkyl halides is 1. The maximum absolute atomic E-state index is 11.8. The first-order chi connectivity index (χ1) is 7.26. The first-order valence-electron chi connectivity index (χ1n) is 5.85. The molecule has 2 aliphatic rings. The lowest BCUT2D eigenvalue weighted by molar-refractivity contribution is -0.131. The van der Waals surface area contributed by atoms with Gasteiger partial charge in [0.1, 0.15) is 5.88 Å². The molecule has 0 saturated carbocycles. The van der Waals surface area contributed by atoms with Gasteiger partial charge in [0.25, 0.3) is 0 Å². The van der Waals surface area contributed by atoms with Crippen LogP contribution in [0.2, 0.25) is 0 Å². The Kier molecular flexibility index (Phi) is 3.52. The highest BCUT2D eigenvalue weighted by molar-refractivity contribution is 6.27. The van der Waals surface area contributed by atoms with Crippen LogP contribution in [0.3, 0.4) is 0 Å². The third kappa shape index (κ3) is 2.13. The van der Waals surface area contributed by atoms with Crippen LogP contribution in [-0.4, -0.2) is 53.3 Å². The number of nitrogens with zero attached hydrogens (tertiary/aromatic N) is 2. The van der Waals surface area contributed by atoms with E-state index in [1.54, 1.807) is 0 Å². The number of fused-ring (bicyclic) bond motifs is 2. The van der Waals surface area contributed by atoms with E-state index < -0.39 is 0 Å². The molecule has 2 atom stereocenters. The van der Waals surface area contributed by atoms with Gasteiger partial charge in [-0.05, 0) is 25.8 Å². The molecule has 0 aliphatic carbocycles. The van der Waals surface area contributed by atoms with Gasteiger partial charge in [0.05, 0.1) is 0 Å². The summed E-state index contributed by atoms with van der Waals surface area (Å²) in [6, 6.07) is 0.876. The van der Waals surface area contributed by atoms with Gasteiger partial charge >= 0.3 is 0 Å². The van der Waals surface area contributed by atoms with Crippen molar-refractivity contribution in [2.75, 3.05) is 25.5 Å². The van der Waals surface area contributed by atoms with E-state index in [9.17, 15) is 4.79 Å². The second-order valence-corrected chi connectivity index (χ2v) is 4.77. The lowest BCUT2D eigenvalue weighted by Gasteiger charge is -2.28. The number of likely N-dealkylation sites (tertiary alicyclic amines) is 1. The average molecular weight is 231 g/mol. The van der Waals surface area contributed by atoms with Crippen molar-refractivity contribution in [3.63, 3.8) is 0 Å². The summed E-state index contributed by atoms with van der Waals surface area (Å²) < 4.78 is 0. The van der Waals surface area contributed by atoms with Gasteiger partial charge in [-0.25, -0.2) is 0 Å². The maximum Gasteiger partial charge on any atom is 0.238 e. The van der Waals surface area contributed by atoms with Gasteiger partial charge in [-0.2, -0.15) is 0 Å². The van der Waals surface area contributed by atoms with E-state index in [2.05, 4.69) is 16.7 Å². The summed E-state index contributed by atoms with van der Waals surface area (Å²) in [5, 5.41) is 0. The molecule has 15 heavy (non-hydrogen) atoms. The molecule has 2 fully saturated rings. The number of hydrogen-bond acceptors (Lipinski definition) is 2. The van der Waals surface area contributed by atoms with Crippen LogP contribution in [-0.2, 0) is 4.79 Å². The molecule has 0 N–H and O–H groups in total. The third-order valence-corrected chi connectivity index (χ3v) is 3.95. The summed E-state index contributed by atoms with van der Waals surface area (Å²) in [6.07, 6.45) is 3.45. The van der Waals surface area contributed by atoms with Crippen molar-refractivity contribution in [3.8, 4) is 0 Å². The van der Waals surface area contributed by atoms with E-state index in [1.807, 2.05) is 0 Å². The van der Waals surface area contributed by atoms with Gasteiger partial charge in [0.15, 0.2) is 0 Å². The summed E-state index contributed by atoms with van der Waals surface area (Å²) in [5.41, 5.74) is 0. The van der Waals surface area contributed by atoms with E-state index in [0.717, 1.165) is 32.5 Å². The van der Waals surface area contributed by atoms with E-state index in [4.69, 9.17) is 11.6 Å². The Balaban J connectivity index is 2.09. The van der Waals surface area contributed by atoms with Crippen LogP contribution < -0.4 is 0 Å². The highest BCUT2D eigenvalue weighted by Crippen LogP contribution is 2.30. The van der Waals surface area contributed by atoms with Crippen LogP contribution in [0.4, 0.5) is 0 Å². The van der Waals surface area contributed by atoms with Gasteiger partial charge in [-0.1, -0.05) is 6.92 Å². The fraction of sp³-hybridized carbons (Fsp3) is 0.909. The zero-order valence-corrected chi connectivity index (χ0v) is 10.0. The predicted octanol–water partition coefficient (Wildman–Crippen LogP) is 1.31. The van der Waals surface area contributed by atoms with Crippen LogP contribution in [0.15, 0.2) is 0 Å². The van der Waals surface area contributed by atoms with Crippen LogP contribution in [0.1, 0.15) is 26.2 Å². The minimum absolute atomic E-state index is 0.127. The van der Waals surface area contributed by atoms with Crippen molar-refractivity contribution in [2.45, 2.75) is 38.3 Å². The molecular formula is C11H19ClN2O. The highest BCUT2D eigenvalue weighted by Gasteiger charge is 2.39. The summed E-state index contributed by atoms with van der Waals surface area (Å²) in [4.78, 5) is 16.3. The smallest absolute Gasteiger partial charge is 0.238 e.